The van der Waals surface area contributed by atoms with Crippen LogP contribution in [0.3, 0.4) is 0 Å². The molecule has 1 saturated heterocycles. The molecule has 1 aliphatic rings. The Morgan fingerprint density at radius 2 is 1.68 bits per heavy atom. The number of hydrogen-bond acceptors (Lipinski definition) is 5. The van der Waals surface area contributed by atoms with Crippen molar-refractivity contribution in [3.05, 3.63) is 100 Å². The molecule has 1 aliphatic heterocycles. The van der Waals surface area contributed by atoms with E-state index in [1.165, 1.54) is 28.8 Å². The second-order valence-corrected chi connectivity index (χ2v) is 8.60. The van der Waals surface area contributed by atoms with Crippen LogP contribution < -0.4 is 4.74 Å². The van der Waals surface area contributed by atoms with E-state index in [2.05, 4.69) is 4.99 Å². The Bertz CT molecular complexity index is 1250. The number of halogens is 1. The van der Waals surface area contributed by atoms with Crippen LogP contribution in [-0.4, -0.2) is 34.1 Å². The SMILES string of the molecule is CN1C(=O)C(=Cc2ccc(OCc3ccc(F)cc3)cc2)SC1=Nc1ccc(CC(=O)O)cc1. The monoisotopic (exact) mass is 476 g/mol. The topological polar surface area (TPSA) is 79.2 Å². The first-order chi connectivity index (χ1) is 16.4. The van der Waals surface area contributed by atoms with Crippen molar-refractivity contribution in [2.75, 3.05) is 7.05 Å². The number of amidine groups is 1. The van der Waals surface area contributed by atoms with E-state index >= 15 is 0 Å². The van der Waals surface area contributed by atoms with Crippen molar-refractivity contribution in [2.45, 2.75) is 13.0 Å². The third kappa shape index (κ3) is 5.90. The Hall–Kier alpha value is -3.91. The first kappa shape index (κ1) is 23.3. The number of carboxylic acids is 1. The van der Waals surface area contributed by atoms with E-state index < -0.39 is 5.97 Å². The average molecular weight is 477 g/mol. The van der Waals surface area contributed by atoms with Gasteiger partial charge < -0.3 is 9.84 Å². The van der Waals surface area contributed by atoms with Crippen molar-refractivity contribution in [1.82, 2.24) is 4.90 Å². The number of carbonyl (C=O) groups is 2. The molecule has 6 nitrogen and oxygen atoms in total. The lowest BCUT2D eigenvalue weighted by atomic mass is 10.1. The molecule has 1 N–H and O–H groups in total. The molecule has 0 spiro atoms. The highest BCUT2D eigenvalue weighted by atomic mass is 32.2. The van der Waals surface area contributed by atoms with E-state index in [0.29, 0.717) is 33.7 Å². The zero-order valence-electron chi connectivity index (χ0n) is 18.3. The lowest BCUT2D eigenvalue weighted by Crippen LogP contribution is -2.23. The number of amides is 1. The molecule has 0 aliphatic carbocycles. The van der Waals surface area contributed by atoms with Crippen LogP contribution in [0.25, 0.3) is 6.08 Å². The highest BCUT2D eigenvalue weighted by molar-refractivity contribution is 8.18. The summed E-state index contributed by atoms with van der Waals surface area (Å²) < 4.78 is 18.7. The first-order valence-electron chi connectivity index (χ1n) is 10.4. The first-order valence-corrected chi connectivity index (χ1v) is 11.2. The quantitative estimate of drug-likeness (QED) is 0.470. The fourth-order valence-corrected chi connectivity index (χ4v) is 4.17. The summed E-state index contributed by atoms with van der Waals surface area (Å²) in [5.41, 5.74) is 3.04. The molecule has 1 fully saturated rings. The zero-order valence-corrected chi connectivity index (χ0v) is 19.1. The summed E-state index contributed by atoms with van der Waals surface area (Å²) in [5, 5.41) is 9.42. The number of rotatable bonds is 7. The predicted octanol–water partition coefficient (Wildman–Crippen LogP) is 5.27. The van der Waals surface area contributed by atoms with Crippen LogP contribution in [0.1, 0.15) is 16.7 Å². The van der Waals surface area contributed by atoms with E-state index in [0.717, 1.165) is 11.1 Å². The van der Waals surface area contributed by atoms with Gasteiger partial charge in [0.05, 0.1) is 17.0 Å². The van der Waals surface area contributed by atoms with Gasteiger partial charge >= 0.3 is 5.97 Å². The number of carbonyl (C=O) groups excluding carboxylic acids is 1. The number of hydrogen-bond donors (Lipinski definition) is 1. The van der Waals surface area contributed by atoms with Gasteiger partial charge in [-0.1, -0.05) is 36.4 Å². The molecule has 0 aromatic heterocycles. The Morgan fingerprint density at radius 3 is 2.32 bits per heavy atom. The van der Waals surface area contributed by atoms with Gasteiger partial charge in [0.1, 0.15) is 18.2 Å². The third-order valence-corrected chi connectivity index (χ3v) is 6.08. The molecule has 3 aromatic carbocycles. The Morgan fingerprint density at radius 1 is 1.03 bits per heavy atom. The highest BCUT2D eigenvalue weighted by Gasteiger charge is 2.30. The van der Waals surface area contributed by atoms with Crippen molar-refractivity contribution in [2.24, 2.45) is 4.99 Å². The van der Waals surface area contributed by atoms with Gasteiger partial charge in [-0.15, -0.1) is 0 Å². The summed E-state index contributed by atoms with van der Waals surface area (Å²) in [6.07, 6.45) is 1.75. The van der Waals surface area contributed by atoms with E-state index in [-0.39, 0.29) is 18.1 Å². The van der Waals surface area contributed by atoms with Gasteiger partial charge in [-0.2, -0.15) is 0 Å². The molecule has 1 amide bonds. The summed E-state index contributed by atoms with van der Waals surface area (Å²) >= 11 is 1.28. The fraction of sp³-hybridized carbons (Fsp3) is 0.115. The van der Waals surface area contributed by atoms with E-state index in [1.807, 2.05) is 24.3 Å². The van der Waals surface area contributed by atoms with Gasteiger partial charge in [-0.05, 0) is 70.9 Å². The average Bonchev–Trinajstić information content (AvgIpc) is 3.08. The molecule has 0 saturated carbocycles. The summed E-state index contributed by atoms with van der Waals surface area (Å²) in [4.78, 5) is 30.1. The van der Waals surface area contributed by atoms with Gasteiger partial charge in [0.25, 0.3) is 5.91 Å². The standard InChI is InChI=1S/C26H21FN2O4S/c1-29-25(32)23(34-26(29)28-21-10-4-18(5-11-21)15-24(30)31)14-17-6-12-22(13-7-17)33-16-19-2-8-20(27)9-3-19/h2-14H,15-16H2,1H3,(H,30,31). The molecule has 34 heavy (non-hydrogen) atoms. The molecular formula is C26H21FN2O4S. The van der Waals surface area contributed by atoms with Gasteiger partial charge in [-0.25, -0.2) is 9.38 Å². The van der Waals surface area contributed by atoms with Crippen LogP contribution in [0, 0.1) is 5.82 Å². The molecule has 172 valence electrons. The normalized spacial score (nSPS) is 15.8. The Balaban J connectivity index is 1.41. The van der Waals surface area contributed by atoms with Crippen molar-refractivity contribution in [1.29, 1.82) is 0 Å². The van der Waals surface area contributed by atoms with Crippen LogP contribution in [0.5, 0.6) is 5.75 Å². The highest BCUT2D eigenvalue weighted by Crippen LogP contribution is 2.33. The van der Waals surface area contributed by atoms with E-state index in [4.69, 9.17) is 9.84 Å². The Labute approximate surface area is 200 Å². The van der Waals surface area contributed by atoms with Crippen LogP contribution in [-0.2, 0) is 22.6 Å². The number of thioether (sulfide) groups is 1. The molecule has 4 rings (SSSR count). The van der Waals surface area contributed by atoms with Crippen molar-refractivity contribution in [3.63, 3.8) is 0 Å². The second kappa shape index (κ2) is 10.4. The number of aliphatic carboxylic acids is 1. The minimum atomic E-state index is -0.891. The molecule has 3 aromatic rings. The Kier molecular flexibility index (Phi) is 7.08. The molecular weight excluding hydrogens is 455 g/mol. The predicted molar refractivity (Wildman–Crippen MR) is 130 cm³/mol. The molecule has 0 radical (unpaired) electrons. The summed E-state index contributed by atoms with van der Waals surface area (Å²) in [6, 6.07) is 20.4. The van der Waals surface area contributed by atoms with Crippen LogP contribution in [0.2, 0.25) is 0 Å². The lowest BCUT2D eigenvalue weighted by molar-refractivity contribution is -0.136. The minimum absolute atomic E-state index is 0.0487. The molecule has 0 unspecified atom stereocenters. The van der Waals surface area contributed by atoms with Crippen LogP contribution in [0.15, 0.2) is 82.7 Å². The number of benzene rings is 3. The second-order valence-electron chi connectivity index (χ2n) is 7.59. The van der Waals surface area contributed by atoms with Crippen LogP contribution in [0.4, 0.5) is 10.1 Å². The lowest BCUT2D eigenvalue weighted by Gasteiger charge is -2.07. The van der Waals surface area contributed by atoms with Gasteiger partial charge in [0.15, 0.2) is 5.17 Å². The maximum atomic E-state index is 13.0. The van der Waals surface area contributed by atoms with E-state index in [9.17, 15) is 14.0 Å². The number of likely N-dealkylation sites (N-methyl/N-ethyl adjacent to an activating group) is 1. The zero-order chi connectivity index (χ0) is 24.1. The van der Waals surface area contributed by atoms with Gasteiger partial charge in [0, 0.05) is 7.05 Å². The number of aliphatic imine (C=N–C) groups is 1. The third-order valence-electron chi connectivity index (χ3n) is 5.02. The number of carboxylic acid groups (broad SMARTS) is 1. The van der Waals surface area contributed by atoms with Crippen LogP contribution >= 0.6 is 11.8 Å². The van der Waals surface area contributed by atoms with Crippen molar-refractivity contribution >= 4 is 40.6 Å². The maximum absolute atomic E-state index is 13.0. The minimum Gasteiger partial charge on any atom is -0.489 e. The van der Waals surface area contributed by atoms with Gasteiger partial charge in [-0.3, -0.25) is 14.5 Å². The van der Waals surface area contributed by atoms with Crippen molar-refractivity contribution in [3.8, 4) is 5.75 Å². The number of nitrogens with zero attached hydrogens (tertiary/aromatic N) is 2. The molecule has 8 heteroatoms. The van der Waals surface area contributed by atoms with Crippen molar-refractivity contribution < 1.29 is 23.8 Å². The summed E-state index contributed by atoms with van der Waals surface area (Å²) in [5.74, 6) is -0.656. The summed E-state index contributed by atoms with van der Waals surface area (Å²) in [7, 11) is 1.67. The van der Waals surface area contributed by atoms with Gasteiger partial charge in [0.2, 0.25) is 0 Å². The smallest absolute Gasteiger partial charge is 0.307 e. The molecule has 0 bridgehead atoms. The maximum Gasteiger partial charge on any atom is 0.307 e. The largest absolute Gasteiger partial charge is 0.489 e. The fourth-order valence-electron chi connectivity index (χ4n) is 3.18. The van der Waals surface area contributed by atoms with E-state index in [1.54, 1.807) is 49.5 Å². The number of ether oxygens (including phenoxy) is 1. The summed E-state index contributed by atoms with van der Waals surface area (Å²) in [6.45, 7) is 0.330. The molecule has 0 atom stereocenters. The molecule has 1 heterocycles.